The van der Waals surface area contributed by atoms with E-state index in [-0.39, 0.29) is 24.3 Å². The van der Waals surface area contributed by atoms with E-state index >= 15 is 0 Å². The summed E-state index contributed by atoms with van der Waals surface area (Å²) < 4.78 is 15.0. The van der Waals surface area contributed by atoms with E-state index in [1.54, 1.807) is 28.4 Å². The molecule has 12 rings (SSSR count). The Labute approximate surface area is 366 Å². The minimum Gasteiger partial charge on any atom is -0.383 e. The molecule has 4 bridgehead atoms. The topological polar surface area (TPSA) is 138 Å². The van der Waals surface area contributed by atoms with Crippen molar-refractivity contribution in [3.63, 3.8) is 0 Å². The van der Waals surface area contributed by atoms with Crippen molar-refractivity contribution in [2.45, 2.75) is 57.3 Å². The van der Waals surface area contributed by atoms with Gasteiger partial charge in [-0.2, -0.15) is 5.26 Å². The molecule has 0 saturated carbocycles. The van der Waals surface area contributed by atoms with Gasteiger partial charge in [0.15, 0.2) is 5.82 Å². The molecular formula is C49H54N10O4. The number of aromatic nitrogens is 5. The van der Waals surface area contributed by atoms with Crippen molar-refractivity contribution in [3.05, 3.63) is 111 Å². The third-order valence-corrected chi connectivity index (χ3v) is 13.6. The Morgan fingerprint density at radius 3 is 1.84 bits per heavy atom. The smallest absolute Gasteiger partial charge is 0.261 e. The SMILES string of the molecule is COCCn1c(-c2cccc(CCOCCn3c(-c4cccc(C#N)c4)nc4ccc(N5CCN6CCC5CC6)cc4c3=O)n2)nc2ccc(N3CCN4CCC3CC4)cc2c1=O. The fraction of sp³-hybridized carbons (Fsp3) is 0.429. The number of rotatable bonds is 13. The predicted molar refractivity (Wildman–Crippen MR) is 245 cm³/mol. The number of benzene rings is 3. The number of methoxy groups -OCH3 is 1. The Bertz CT molecular complexity index is 2800. The van der Waals surface area contributed by atoms with Crippen molar-refractivity contribution in [3.8, 4) is 29.0 Å². The summed E-state index contributed by atoms with van der Waals surface area (Å²) in [7, 11) is 1.63. The van der Waals surface area contributed by atoms with Gasteiger partial charge in [-0.15, -0.1) is 0 Å². The number of anilines is 2. The normalized spacial score (nSPS) is 20.9. The maximum absolute atomic E-state index is 14.4. The highest BCUT2D eigenvalue weighted by Gasteiger charge is 2.31. The van der Waals surface area contributed by atoms with Crippen LogP contribution in [0, 0.1) is 11.3 Å². The van der Waals surface area contributed by atoms with Crippen molar-refractivity contribution in [1.82, 2.24) is 33.9 Å². The van der Waals surface area contributed by atoms with Crippen LogP contribution in [0.25, 0.3) is 44.7 Å². The lowest BCUT2D eigenvalue weighted by Gasteiger charge is -2.33. The van der Waals surface area contributed by atoms with Crippen molar-refractivity contribution < 1.29 is 9.47 Å². The van der Waals surface area contributed by atoms with Gasteiger partial charge in [0.05, 0.1) is 66.3 Å². The largest absolute Gasteiger partial charge is 0.383 e. The third kappa shape index (κ3) is 8.34. The van der Waals surface area contributed by atoms with Gasteiger partial charge in [-0.1, -0.05) is 18.2 Å². The zero-order chi connectivity index (χ0) is 42.9. The molecule has 3 aromatic carbocycles. The van der Waals surface area contributed by atoms with Gasteiger partial charge in [-0.3, -0.25) is 18.7 Å². The zero-order valence-electron chi connectivity index (χ0n) is 36.0. The van der Waals surface area contributed by atoms with E-state index in [1.807, 2.05) is 54.6 Å². The van der Waals surface area contributed by atoms with Crippen LogP contribution < -0.4 is 20.9 Å². The summed E-state index contributed by atoms with van der Waals surface area (Å²) in [4.78, 5) is 53.7. The number of nitriles is 1. The molecule has 6 aliphatic heterocycles. The first kappa shape index (κ1) is 41.1. The highest BCUT2D eigenvalue weighted by molar-refractivity contribution is 5.85. The second kappa shape index (κ2) is 18.0. The maximum Gasteiger partial charge on any atom is 0.261 e. The van der Waals surface area contributed by atoms with Crippen LogP contribution in [0.2, 0.25) is 0 Å². The van der Waals surface area contributed by atoms with Crippen molar-refractivity contribution >= 4 is 33.2 Å². The summed E-state index contributed by atoms with van der Waals surface area (Å²) in [6, 6.07) is 28.4. The molecule has 0 unspecified atom stereocenters. The summed E-state index contributed by atoms with van der Waals surface area (Å²) in [6.07, 6.45) is 5.05. The molecule has 0 N–H and O–H groups in total. The number of ether oxygens (including phenoxy) is 2. The van der Waals surface area contributed by atoms with E-state index in [9.17, 15) is 14.9 Å². The molecule has 324 valence electrons. The van der Waals surface area contributed by atoms with E-state index in [0.717, 1.165) is 95.1 Å². The lowest BCUT2D eigenvalue weighted by molar-refractivity contribution is 0.128. The standard InChI is InChI=1S/C49H54N10O4/c1-62-28-25-59-47(53-44-11-9-40(32-42(44)49(59)61)57-24-22-55-19-14-38(57)15-20-55)45-7-3-6-36(51-45)16-27-63-29-26-58-46(35-5-2-4-34(30-35)33-50)52-43-10-8-39(31-41(43)48(58)60)56-23-21-54-17-12-37(56)13-18-54/h2-11,30-32,37-38H,12-29H2,1H3. The van der Waals surface area contributed by atoms with Crippen LogP contribution >= 0.6 is 0 Å². The quantitative estimate of drug-likeness (QED) is 0.142. The molecule has 6 aromatic rings. The highest BCUT2D eigenvalue weighted by atomic mass is 16.5. The molecule has 6 saturated heterocycles. The number of nitrogens with zero attached hydrogens (tertiary/aromatic N) is 10. The number of hydrogen-bond donors (Lipinski definition) is 0. The molecule has 14 heteroatoms. The second-order valence-electron chi connectivity index (χ2n) is 17.3. The number of pyridine rings is 1. The zero-order valence-corrected chi connectivity index (χ0v) is 36.0. The number of hydrogen-bond acceptors (Lipinski definition) is 12. The molecule has 9 heterocycles. The van der Waals surface area contributed by atoms with Crippen LogP contribution in [-0.2, 0) is 29.0 Å². The average Bonchev–Trinajstić information content (AvgIpc) is 3.84. The molecule has 0 radical (unpaired) electrons. The van der Waals surface area contributed by atoms with Crippen LogP contribution in [-0.4, -0.2) is 125 Å². The van der Waals surface area contributed by atoms with E-state index < -0.39 is 0 Å². The molecule has 0 spiro atoms. The Kier molecular flexibility index (Phi) is 11.7. The molecule has 0 aliphatic carbocycles. The van der Waals surface area contributed by atoms with E-state index in [1.165, 1.54) is 0 Å². The van der Waals surface area contributed by atoms with Crippen LogP contribution in [0.4, 0.5) is 11.4 Å². The van der Waals surface area contributed by atoms with Gasteiger partial charge in [0, 0.05) is 101 Å². The van der Waals surface area contributed by atoms with Crippen molar-refractivity contribution in [1.29, 1.82) is 5.26 Å². The van der Waals surface area contributed by atoms with Gasteiger partial charge in [0.1, 0.15) is 11.5 Å². The van der Waals surface area contributed by atoms with Gasteiger partial charge < -0.3 is 29.1 Å². The van der Waals surface area contributed by atoms with Crippen molar-refractivity contribution in [2.75, 3.05) is 89.1 Å². The minimum atomic E-state index is -0.134. The fourth-order valence-corrected chi connectivity index (χ4v) is 10.1. The first-order chi connectivity index (χ1) is 30.9. The van der Waals surface area contributed by atoms with Crippen LogP contribution in [0.3, 0.4) is 0 Å². The third-order valence-electron chi connectivity index (χ3n) is 13.6. The monoisotopic (exact) mass is 846 g/mol. The number of fused-ring (bicyclic) bond motifs is 10. The molecule has 6 fully saturated rings. The van der Waals surface area contributed by atoms with E-state index in [0.29, 0.717) is 88.5 Å². The summed E-state index contributed by atoms with van der Waals surface area (Å²) >= 11 is 0. The molecule has 0 amide bonds. The Morgan fingerprint density at radius 1 is 0.635 bits per heavy atom. The van der Waals surface area contributed by atoms with Gasteiger partial charge >= 0.3 is 0 Å². The molecule has 3 aromatic heterocycles. The summed E-state index contributed by atoms with van der Waals surface area (Å²) in [5.74, 6) is 1.00. The van der Waals surface area contributed by atoms with E-state index in [2.05, 4.69) is 37.8 Å². The fourth-order valence-electron chi connectivity index (χ4n) is 10.1. The Hall–Kier alpha value is -5.98. The first-order valence-corrected chi connectivity index (χ1v) is 22.5. The summed E-state index contributed by atoms with van der Waals surface area (Å²) in [5, 5.41) is 10.8. The Morgan fingerprint density at radius 2 is 1.22 bits per heavy atom. The molecule has 14 nitrogen and oxygen atoms in total. The van der Waals surface area contributed by atoms with Crippen LogP contribution in [0.1, 0.15) is 36.9 Å². The van der Waals surface area contributed by atoms with E-state index in [4.69, 9.17) is 24.4 Å². The first-order valence-electron chi connectivity index (χ1n) is 22.5. The second-order valence-corrected chi connectivity index (χ2v) is 17.3. The van der Waals surface area contributed by atoms with Gasteiger partial charge in [0.25, 0.3) is 11.1 Å². The van der Waals surface area contributed by atoms with Gasteiger partial charge in [-0.05, 0) is 86.3 Å². The molecular weight excluding hydrogens is 793 g/mol. The van der Waals surface area contributed by atoms with Crippen LogP contribution in [0.15, 0.2) is 88.5 Å². The van der Waals surface area contributed by atoms with Gasteiger partial charge in [-0.25, -0.2) is 15.0 Å². The predicted octanol–water partition coefficient (Wildman–Crippen LogP) is 5.18. The lowest BCUT2D eigenvalue weighted by atomic mass is 10.0. The minimum absolute atomic E-state index is 0.104. The summed E-state index contributed by atoms with van der Waals surface area (Å²) in [6.45, 7) is 10.1. The molecule has 0 atom stereocenters. The number of piperidine rings is 2. The Balaban J connectivity index is 0.876. The molecule has 63 heavy (non-hydrogen) atoms. The summed E-state index contributed by atoms with van der Waals surface area (Å²) in [5.41, 5.74) is 5.77. The van der Waals surface area contributed by atoms with Crippen molar-refractivity contribution in [2.24, 2.45) is 0 Å². The lowest BCUT2D eigenvalue weighted by Crippen LogP contribution is -2.38. The average molecular weight is 847 g/mol. The maximum atomic E-state index is 14.4. The molecule has 6 aliphatic rings. The van der Waals surface area contributed by atoms with Crippen LogP contribution in [0.5, 0.6) is 0 Å². The van der Waals surface area contributed by atoms with Gasteiger partial charge in [0.2, 0.25) is 0 Å². The highest BCUT2D eigenvalue weighted by Crippen LogP contribution is 2.31.